The van der Waals surface area contributed by atoms with E-state index in [2.05, 4.69) is 31.0 Å². The number of likely N-dealkylation sites (tertiary alicyclic amines) is 1. The van der Waals surface area contributed by atoms with Crippen LogP contribution in [0.4, 0.5) is 0 Å². The van der Waals surface area contributed by atoms with Crippen LogP contribution in [0.2, 0.25) is 0 Å². The van der Waals surface area contributed by atoms with Gasteiger partial charge in [-0.25, -0.2) is 0 Å². The maximum absolute atomic E-state index is 3.71. The van der Waals surface area contributed by atoms with Crippen LogP contribution in [-0.2, 0) is 0 Å². The lowest BCUT2D eigenvalue weighted by Crippen LogP contribution is -2.49. The highest BCUT2D eigenvalue weighted by atomic mass is 15.1. The van der Waals surface area contributed by atoms with Crippen molar-refractivity contribution in [3.63, 3.8) is 0 Å². The number of piperidine rings is 1. The zero-order valence-corrected chi connectivity index (χ0v) is 10.8. The second kappa shape index (κ2) is 7.24. The van der Waals surface area contributed by atoms with E-state index in [4.69, 9.17) is 0 Å². The quantitative estimate of drug-likeness (QED) is 0.728. The molecule has 0 bridgehead atoms. The normalized spacial score (nSPS) is 28.2. The van der Waals surface area contributed by atoms with E-state index in [-0.39, 0.29) is 0 Å². The second-order valence-corrected chi connectivity index (χ2v) is 4.82. The summed E-state index contributed by atoms with van der Waals surface area (Å²) in [5.74, 6) is 0.872. The van der Waals surface area contributed by atoms with E-state index in [1.807, 2.05) is 0 Å². The van der Waals surface area contributed by atoms with Crippen molar-refractivity contribution < 1.29 is 0 Å². The standard InChI is InChI=1S/C13H28N2/c1-4-8-14-13-7-10-15(9-5-2)11-12(13)6-3/h12-14H,4-11H2,1-3H3. The molecule has 15 heavy (non-hydrogen) atoms. The van der Waals surface area contributed by atoms with Gasteiger partial charge in [-0.1, -0.05) is 27.2 Å². The first kappa shape index (κ1) is 13.0. The molecule has 1 N–H and O–H groups in total. The maximum atomic E-state index is 3.71. The maximum Gasteiger partial charge on any atom is 0.0120 e. The van der Waals surface area contributed by atoms with Gasteiger partial charge in [-0.05, 0) is 44.8 Å². The summed E-state index contributed by atoms with van der Waals surface area (Å²) in [6.07, 6.45) is 5.22. The summed E-state index contributed by atoms with van der Waals surface area (Å²) < 4.78 is 0. The molecule has 0 saturated carbocycles. The van der Waals surface area contributed by atoms with Crippen molar-refractivity contribution in [3.05, 3.63) is 0 Å². The lowest BCUT2D eigenvalue weighted by atomic mass is 9.89. The topological polar surface area (TPSA) is 15.3 Å². The average Bonchev–Trinajstić information content (AvgIpc) is 2.27. The fraction of sp³-hybridized carbons (Fsp3) is 1.00. The van der Waals surface area contributed by atoms with Gasteiger partial charge >= 0.3 is 0 Å². The zero-order chi connectivity index (χ0) is 11.1. The summed E-state index contributed by atoms with van der Waals surface area (Å²) >= 11 is 0. The van der Waals surface area contributed by atoms with E-state index in [0.29, 0.717) is 0 Å². The van der Waals surface area contributed by atoms with Crippen molar-refractivity contribution in [1.29, 1.82) is 0 Å². The molecule has 1 saturated heterocycles. The largest absolute Gasteiger partial charge is 0.314 e. The number of hydrogen-bond acceptors (Lipinski definition) is 2. The van der Waals surface area contributed by atoms with E-state index in [1.54, 1.807) is 0 Å². The predicted octanol–water partition coefficient (Wildman–Crippen LogP) is 2.50. The number of nitrogens with zero attached hydrogens (tertiary/aromatic N) is 1. The molecule has 90 valence electrons. The molecule has 0 aromatic heterocycles. The van der Waals surface area contributed by atoms with Gasteiger partial charge in [-0.3, -0.25) is 0 Å². The summed E-state index contributed by atoms with van der Waals surface area (Å²) in [5.41, 5.74) is 0. The number of hydrogen-bond donors (Lipinski definition) is 1. The first-order valence-electron chi connectivity index (χ1n) is 6.77. The van der Waals surface area contributed by atoms with Crippen molar-refractivity contribution in [2.45, 2.75) is 52.5 Å². The van der Waals surface area contributed by atoms with Gasteiger partial charge in [0.2, 0.25) is 0 Å². The smallest absolute Gasteiger partial charge is 0.0120 e. The molecule has 0 amide bonds. The minimum atomic E-state index is 0.781. The molecule has 1 fully saturated rings. The Labute approximate surface area is 95.4 Å². The van der Waals surface area contributed by atoms with Crippen LogP contribution in [0.5, 0.6) is 0 Å². The Bertz CT molecular complexity index is 159. The highest BCUT2D eigenvalue weighted by Gasteiger charge is 2.26. The van der Waals surface area contributed by atoms with Crippen LogP contribution in [-0.4, -0.2) is 37.1 Å². The van der Waals surface area contributed by atoms with Gasteiger partial charge in [0.15, 0.2) is 0 Å². The Hall–Kier alpha value is -0.0800. The fourth-order valence-corrected chi connectivity index (χ4v) is 2.64. The Morgan fingerprint density at radius 3 is 2.60 bits per heavy atom. The van der Waals surface area contributed by atoms with Gasteiger partial charge in [0.1, 0.15) is 0 Å². The Morgan fingerprint density at radius 1 is 1.20 bits per heavy atom. The fourth-order valence-electron chi connectivity index (χ4n) is 2.64. The van der Waals surface area contributed by atoms with Crippen LogP contribution in [0.3, 0.4) is 0 Å². The molecule has 2 atom stereocenters. The van der Waals surface area contributed by atoms with Gasteiger partial charge < -0.3 is 10.2 Å². The molecule has 0 aromatic rings. The molecule has 1 aliphatic heterocycles. The zero-order valence-electron chi connectivity index (χ0n) is 10.8. The first-order chi connectivity index (χ1) is 7.31. The van der Waals surface area contributed by atoms with E-state index >= 15 is 0 Å². The van der Waals surface area contributed by atoms with Crippen LogP contribution in [0, 0.1) is 5.92 Å². The van der Waals surface area contributed by atoms with Gasteiger partial charge in [-0.15, -0.1) is 0 Å². The monoisotopic (exact) mass is 212 g/mol. The highest BCUT2D eigenvalue weighted by Crippen LogP contribution is 2.20. The molecule has 0 aliphatic carbocycles. The lowest BCUT2D eigenvalue weighted by Gasteiger charge is -2.38. The third-order valence-electron chi connectivity index (χ3n) is 3.54. The minimum absolute atomic E-state index is 0.781. The molecular formula is C13H28N2. The molecular weight excluding hydrogens is 184 g/mol. The van der Waals surface area contributed by atoms with Crippen molar-refractivity contribution in [3.8, 4) is 0 Å². The van der Waals surface area contributed by atoms with Crippen LogP contribution >= 0.6 is 0 Å². The molecule has 1 rings (SSSR count). The molecule has 0 aromatic carbocycles. The van der Waals surface area contributed by atoms with E-state index < -0.39 is 0 Å². The molecule has 2 heteroatoms. The predicted molar refractivity (Wildman–Crippen MR) is 67.2 cm³/mol. The van der Waals surface area contributed by atoms with Crippen LogP contribution in [0.1, 0.15) is 46.5 Å². The van der Waals surface area contributed by atoms with Crippen molar-refractivity contribution in [2.75, 3.05) is 26.2 Å². The molecule has 1 aliphatic rings. The Morgan fingerprint density at radius 2 is 2.00 bits per heavy atom. The summed E-state index contributed by atoms with van der Waals surface area (Å²) in [6, 6.07) is 0.781. The van der Waals surface area contributed by atoms with Crippen molar-refractivity contribution in [1.82, 2.24) is 10.2 Å². The van der Waals surface area contributed by atoms with Crippen LogP contribution in [0.15, 0.2) is 0 Å². The highest BCUT2D eigenvalue weighted by molar-refractivity contribution is 4.84. The summed E-state index contributed by atoms with van der Waals surface area (Å²) in [4.78, 5) is 2.64. The molecule has 2 unspecified atom stereocenters. The van der Waals surface area contributed by atoms with Crippen molar-refractivity contribution in [2.24, 2.45) is 5.92 Å². The third-order valence-corrected chi connectivity index (χ3v) is 3.54. The summed E-state index contributed by atoms with van der Waals surface area (Å²) in [7, 11) is 0. The van der Waals surface area contributed by atoms with Gasteiger partial charge in [0.05, 0.1) is 0 Å². The Balaban J connectivity index is 2.34. The third kappa shape index (κ3) is 4.12. The summed E-state index contributed by atoms with van der Waals surface area (Å²) in [6.45, 7) is 12.0. The van der Waals surface area contributed by atoms with E-state index in [1.165, 1.54) is 51.9 Å². The van der Waals surface area contributed by atoms with Crippen LogP contribution < -0.4 is 5.32 Å². The van der Waals surface area contributed by atoms with Gasteiger partial charge in [0, 0.05) is 12.6 Å². The molecule has 0 radical (unpaired) electrons. The van der Waals surface area contributed by atoms with E-state index in [9.17, 15) is 0 Å². The second-order valence-electron chi connectivity index (χ2n) is 4.82. The number of rotatable bonds is 6. The van der Waals surface area contributed by atoms with Gasteiger partial charge in [-0.2, -0.15) is 0 Å². The molecule has 1 heterocycles. The number of nitrogens with one attached hydrogen (secondary N) is 1. The van der Waals surface area contributed by atoms with E-state index in [0.717, 1.165) is 12.0 Å². The van der Waals surface area contributed by atoms with Gasteiger partial charge in [0.25, 0.3) is 0 Å². The minimum Gasteiger partial charge on any atom is -0.314 e. The summed E-state index contributed by atoms with van der Waals surface area (Å²) in [5, 5.41) is 3.71. The van der Waals surface area contributed by atoms with Crippen molar-refractivity contribution >= 4 is 0 Å². The molecule has 2 nitrogen and oxygen atoms in total. The average molecular weight is 212 g/mol. The Kier molecular flexibility index (Phi) is 6.26. The van der Waals surface area contributed by atoms with Crippen LogP contribution in [0.25, 0.3) is 0 Å². The SMILES string of the molecule is CCCNC1CCN(CCC)CC1CC. The first-order valence-corrected chi connectivity index (χ1v) is 6.77. The lowest BCUT2D eigenvalue weighted by molar-refractivity contribution is 0.135. The molecule has 0 spiro atoms.